The Morgan fingerprint density at radius 2 is 1.41 bits per heavy atom. The lowest BCUT2D eigenvalue weighted by Gasteiger charge is -2.35. The van der Waals surface area contributed by atoms with Crippen molar-refractivity contribution in [3.05, 3.63) is 113 Å². The van der Waals surface area contributed by atoms with Crippen LogP contribution in [0.4, 0.5) is 17.6 Å². The minimum atomic E-state index is -4.58. The molecule has 0 fully saturated rings. The Bertz CT molecular complexity index is 932. The van der Waals surface area contributed by atoms with Gasteiger partial charge in [-0.2, -0.15) is 13.2 Å². The molecule has 5 heteroatoms. The first-order valence-electron chi connectivity index (χ1n) is 9.24. The monoisotopic (exact) mass is 399 g/mol. The Kier molecular flexibility index (Phi) is 6.37. The van der Waals surface area contributed by atoms with Crippen molar-refractivity contribution in [2.24, 2.45) is 0 Å². The molecule has 0 heterocycles. The fraction of sp³-hybridized carbons (Fsp3) is 0.167. The van der Waals surface area contributed by atoms with Crippen LogP contribution in [0.3, 0.4) is 0 Å². The Morgan fingerprint density at radius 1 is 0.862 bits per heavy atom. The topological polar surface area (TPSA) is 3.24 Å². The quantitative estimate of drug-likeness (QED) is 0.404. The van der Waals surface area contributed by atoms with Crippen LogP contribution in [0.25, 0.3) is 6.08 Å². The zero-order chi connectivity index (χ0) is 20.9. The number of nitrogens with zero attached hydrogens (tertiary/aromatic N) is 1. The molecule has 0 saturated carbocycles. The highest BCUT2D eigenvalue weighted by molar-refractivity contribution is 5.54. The van der Waals surface area contributed by atoms with Crippen molar-refractivity contribution in [3.63, 3.8) is 0 Å². The van der Waals surface area contributed by atoms with Gasteiger partial charge in [0.2, 0.25) is 0 Å². The normalized spacial score (nSPS) is 13.2. The van der Waals surface area contributed by atoms with Gasteiger partial charge in [0.05, 0.1) is 6.04 Å². The summed E-state index contributed by atoms with van der Waals surface area (Å²) >= 11 is 0. The van der Waals surface area contributed by atoms with E-state index in [0.717, 1.165) is 29.3 Å². The van der Waals surface area contributed by atoms with E-state index >= 15 is 0 Å². The largest absolute Gasteiger partial charge is 0.431 e. The molecule has 0 unspecified atom stereocenters. The molecule has 0 aliphatic carbocycles. The third-order valence-corrected chi connectivity index (χ3v) is 4.72. The predicted octanol–water partition coefficient (Wildman–Crippen LogP) is 6.99. The van der Waals surface area contributed by atoms with E-state index in [0.29, 0.717) is 0 Å². The van der Waals surface area contributed by atoms with Gasteiger partial charge in [-0.1, -0.05) is 72.8 Å². The number of benzene rings is 3. The first kappa shape index (κ1) is 20.6. The van der Waals surface area contributed by atoms with E-state index in [9.17, 15) is 17.6 Å². The van der Waals surface area contributed by atoms with Gasteiger partial charge in [-0.05, 0) is 41.8 Å². The van der Waals surface area contributed by atoms with Gasteiger partial charge in [-0.15, -0.1) is 0 Å². The summed E-state index contributed by atoms with van der Waals surface area (Å²) in [6, 6.07) is 22.6. The van der Waals surface area contributed by atoms with E-state index in [2.05, 4.69) is 0 Å². The molecule has 0 radical (unpaired) electrons. The minimum absolute atomic E-state index is 0.0867. The number of hydrogen-bond donors (Lipinski definition) is 0. The highest BCUT2D eigenvalue weighted by Crippen LogP contribution is 2.37. The molecule has 0 aliphatic rings. The summed E-state index contributed by atoms with van der Waals surface area (Å²) in [5.41, 5.74) is 1.06. The van der Waals surface area contributed by atoms with Gasteiger partial charge in [0.15, 0.2) is 0 Å². The molecule has 3 aromatic carbocycles. The number of allylic oxidation sites excluding steroid dienone is 1. The van der Waals surface area contributed by atoms with Crippen LogP contribution in [0.1, 0.15) is 29.7 Å². The second kappa shape index (κ2) is 8.95. The molecule has 0 spiro atoms. The maximum Gasteiger partial charge on any atom is 0.431 e. The first-order valence-corrected chi connectivity index (χ1v) is 9.24. The predicted molar refractivity (Wildman–Crippen MR) is 107 cm³/mol. The van der Waals surface area contributed by atoms with Crippen LogP contribution in [0, 0.1) is 5.82 Å². The summed E-state index contributed by atoms with van der Waals surface area (Å²) in [4.78, 5) is 1.34. The fourth-order valence-electron chi connectivity index (χ4n) is 3.17. The third-order valence-electron chi connectivity index (χ3n) is 4.72. The number of alkyl halides is 3. The van der Waals surface area contributed by atoms with E-state index in [1.165, 1.54) is 17.0 Å². The molecular weight excluding hydrogens is 378 g/mol. The van der Waals surface area contributed by atoms with Crippen LogP contribution in [0.2, 0.25) is 0 Å². The van der Waals surface area contributed by atoms with Gasteiger partial charge in [0, 0.05) is 6.54 Å². The average Bonchev–Trinajstić information content (AvgIpc) is 2.72. The fourth-order valence-corrected chi connectivity index (χ4v) is 3.17. The average molecular weight is 399 g/mol. The van der Waals surface area contributed by atoms with Gasteiger partial charge >= 0.3 is 6.18 Å². The van der Waals surface area contributed by atoms with Crippen LogP contribution in [0.5, 0.6) is 0 Å². The number of rotatable bonds is 6. The van der Waals surface area contributed by atoms with E-state index in [1.54, 1.807) is 31.2 Å². The Morgan fingerprint density at radius 3 is 1.97 bits per heavy atom. The van der Waals surface area contributed by atoms with Crippen molar-refractivity contribution >= 4 is 6.08 Å². The molecule has 0 bridgehead atoms. The van der Waals surface area contributed by atoms with Crippen LogP contribution in [-0.4, -0.2) is 11.1 Å². The van der Waals surface area contributed by atoms with Gasteiger partial charge in [0.25, 0.3) is 0 Å². The Hall–Kier alpha value is -3.08. The summed E-state index contributed by atoms with van der Waals surface area (Å²) < 4.78 is 55.6. The Balaban J connectivity index is 2.08. The number of hydrogen-bond acceptors (Lipinski definition) is 1. The van der Waals surface area contributed by atoms with Crippen LogP contribution >= 0.6 is 0 Å². The second-order valence-electron chi connectivity index (χ2n) is 6.78. The molecular formula is C24H21F4N. The summed E-state index contributed by atoms with van der Waals surface area (Å²) in [7, 11) is 0. The molecule has 3 aromatic rings. The molecule has 1 atom stereocenters. The highest BCUT2D eigenvalue weighted by Gasteiger charge is 2.39. The van der Waals surface area contributed by atoms with Crippen LogP contribution < -0.4 is 0 Å². The molecule has 150 valence electrons. The van der Waals surface area contributed by atoms with Gasteiger partial charge in [-0.3, -0.25) is 0 Å². The third kappa shape index (κ3) is 5.47. The zero-order valence-electron chi connectivity index (χ0n) is 15.9. The molecule has 0 saturated heterocycles. The van der Waals surface area contributed by atoms with Crippen LogP contribution in [-0.2, 0) is 6.54 Å². The Labute approximate surface area is 167 Å². The van der Waals surface area contributed by atoms with Crippen molar-refractivity contribution in [1.82, 2.24) is 4.90 Å². The molecule has 0 amide bonds. The summed E-state index contributed by atoms with van der Waals surface area (Å²) in [5, 5.41) is 0. The minimum Gasteiger partial charge on any atom is -0.356 e. The second-order valence-corrected chi connectivity index (χ2v) is 6.78. The van der Waals surface area contributed by atoms with E-state index in [-0.39, 0.29) is 12.1 Å². The molecule has 29 heavy (non-hydrogen) atoms. The summed E-state index contributed by atoms with van der Waals surface area (Å²) in [6.07, 6.45) is -3.51. The van der Waals surface area contributed by atoms with E-state index < -0.39 is 23.7 Å². The van der Waals surface area contributed by atoms with Crippen molar-refractivity contribution < 1.29 is 17.6 Å². The first-order chi connectivity index (χ1) is 13.8. The smallest absolute Gasteiger partial charge is 0.356 e. The highest BCUT2D eigenvalue weighted by atomic mass is 19.4. The maximum absolute atomic E-state index is 14.1. The van der Waals surface area contributed by atoms with Crippen molar-refractivity contribution in [3.8, 4) is 0 Å². The van der Waals surface area contributed by atoms with Crippen molar-refractivity contribution in [2.45, 2.75) is 25.7 Å². The zero-order valence-corrected chi connectivity index (χ0v) is 15.9. The lowest BCUT2D eigenvalue weighted by molar-refractivity contribution is -0.114. The lowest BCUT2D eigenvalue weighted by atomic mass is 10.0. The van der Waals surface area contributed by atoms with Crippen molar-refractivity contribution in [2.75, 3.05) is 0 Å². The number of halogens is 4. The molecule has 0 aliphatic heterocycles. The van der Waals surface area contributed by atoms with E-state index in [4.69, 9.17) is 0 Å². The van der Waals surface area contributed by atoms with Gasteiger partial charge in [0.1, 0.15) is 11.5 Å². The van der Waals surface area contributed by atoms with Crippen molar-refractivity contribution in [1.29, 1.82) is 0 Å². The molecule has 1 nitrogen and oxygen atoms in total. The maximum atomic E-state index is 14.1. The van der Waals surface area contributed by atoms with Gasteiger partial charge in [-0.25, -0.2) is 4.39 Å². The van der Waals surface area contributed by atoms with E-state index in [1.807, 2.05) is 36.4 Å². The SMILES string of the molecule is C[C@@H](c1ccccc1)N(Cc1ccccc1)/C(=C\c1ccc(F)cc1)C(F)(F)F. The van der Waals surface area contributed by atoms with Crippen LogP contribution in [0.15, 0.2) is 90.6 Å². The summed E-state index contributed by atoms with van der Waals surface area (Å²) in [5.74, 6) is -0.491. The molecule has 3 rings (SSSR count). The molecule has 0 aromatic heterocycles. The van der Waals surface area contributed by atoms with Gasteiger partial charge < -0.3 is 4.90 Å². The molecule has 0 N–H and O–H groups in total. The summed E-state index contributed by atoms with van der Waals surface area (Å²) in [6.45, 7) is 1.84. The lowest BCUT2D eigenvalue weighted by Crippen LogP contribution is -2.33. The standard InChI is InChI=1S/C24H21F4N/c1-18(21-10-6-3-7-11-21)29(17-20-8-4-2-5-9-20)23(24(26,27)28)16-19-12-14-22(25)15-13-19/h2-16,18H,17H2,1H3/b23-16-/t18-/m0/s1.